The van der Waals surface area contributed by atoms with Crippen LogP contribution in [0.15, 0.2) is 10.7 Å². The van der Waals surface area contributed by atoms with E-state index in [2.05, 4.69) is 21.0 Å². The van der Waals surface area contributed by atoms with Crippen LogP contribution in [0, 0.1) is 0 Å². The Hall–Kier alpha value is -0.840. The molecule has 0 saturated heterocycles. The van der Waals surface area contributed by atoms with Gasteiger partial charge < -0.3 is 4.90 Å². The summed E-state index contributed by atoms with van der Waals surface area (Å²) in [5.74, 6) is 0.144. The molecule has 0 spiro atoms. The van der Waals surface area contributed by atoms with E-state index >= 15 is 0 Å². The van der Waals surface area contributed by atoms with Gasteiger partial charge in [0, 0.05) is 20.0 Å². The maximum Gasteiger partial charge on any atom is 0.222 e. The summed E-state index contributed by atoms with van der Waals surface area (Å²) >= 11 is 3.44. The quantitative estimate of drug-likeness (QED) is 0.842. The van der Waals surface area contributed by atoms with Gasteiger partial charge in [-0.25, -0.2) is 0 Å². The van der Waals surface area contributed by atoms with Crippen molar-refractivity contribution in [3.63, 3.8) is 0 Å². The lowest BCUT2D eigenvalue weighted by Gasteiger charge is -2.17. The molecule has 1 aromatic rings. The fraction of sp³-hybridized carbons (Fsp3) is 0.600. The van der Waals surface area contributed by atoms with E-state index in [1.54, 1.807) is 11.1 Å². The average molecular weight is 274 g/mol. The standard InChI is InChI=1S/C10H16BrN3O/c1-4-10(15)13(3)7-9-8(11)6-12-14(9)5-2/h6H,4-5,7H2,1-3H3. The van der Waals surface area contributed by atoms with Gasteiger partial charge in [-0.15, -0.1) is 0 Å². The first kappa shape index (κ1) is 12.2. The lowest BCUT2D eigenvalue weighted by Crippen LogP contribution is -2.26. The molecule has 84 valence electrons. The van der Waals surface area contributed by atoms with Crippen LogP contribution in [0.5, 0.6) is 0 Å². The van der Waals surface area contributed by atoms with E-state index in [4.69, 9.17) is 0 Å². The summed E-state index contributed by atoms with van der Waals surface area (Å²) in [7, 11) is 1.81. The number of halogens is 1. The van der Waals surface area contributed by atoms with Crippen molar-refractivity contribution in [3.8, 4) is 0 Å². The topological polar surface area (TPSA) is 38.1 Å². The minimum absolute atomic E-state index is 0.144. The van der Waals surface area contributed by atoms with E-state index in [1.165, 1.54) is 0 Å². The Labute approximate surface area is 98.4 Å². The maximum absolute atomic E-state index is 11.4. The molecule has 1 heterocycles. The van der Waals surface area contributed by atoms with Crippen LogP contribution in [0.1, 0.15) is 26.0 Å². The van der Waals surface area contributed by atoms with Gasteiger partial charge in [-0.1, -0.05) is 6.92 Å². The predicted molar refractivity (Wildman–Crippen MR) is 62.4 cm³/mol. The van der Waals surface area contributed by atoms with Gasteiger partial charge in [-0.05, 0) is 22.9 Å². The highest BCUT2D eigenvalue weighted by molar-refractivity contribution is 9.10. The molecule has 0 atom stereocenters. The van der Waals surface area contributed by atoms with Gasteiger partial charge in [-0.2, -0.15) is 5.10 Å². The van der Waals surface area contributed by atoms with Crippen LogP contribution >= 0.6 is 15.9 Å². The van der Waals surface area contributed by atoms with Crippen molar-refractivity contribution in [2.45, 2.75) is 33.4 Å². The number of aromatic nitrogens is 2. The summed E-state index contributed by atoms with van der Waals surface area (Å²) in [5, 5.41) is 4.20. The van der Waals surface area contributed by atoms with Crippen molar-refractivity contribution in [1.82, 2.24) is 14.7 Å². The fourth-order valence-electron chi connectivity index (χ4n) is 1.40. The van der Waals surface area contributed by atoms with Crippen molar-refractivity contribution < 1.29 is 4.79 Å². The van der Waals surface area contributed by atoms with E-state index in [0.717, 1.165) is 16.7 Å². The summed E-state index contributed by atoms with van der Waals surface area (Å²) in [6.45, 7) is 5.31. The Balaban J connectivity index is 2.79. The van der Waals surface area contributed by atoms with Crippen LogP contribution in [0.3, 0.4) is 0 Å². The molecule has 4 nitrogen and oxygen atoms in total. The van der Waals surface area contributed by atoms with Crippen LogP contribution in [-0.4, -0.2) is 27.6 Å². The first-order valence-electron chi connectivity index (χ1n) is 5.04. The smallest absolute Gasteiger partial charge is 0.222 e. The Morgan fingerprint density at radius 3 is 2.80 bits per heavy atom. The Morgan fingerprint density at radius 2 is 2.27 bits per heavy atom. The Morgan fingerprint density at radius 1 is 1.60 bits per heavy atom. The van der Waals surface area contributed by atoms with E-state index in [9.17, 15) is 4.79 Å². The Kier molecular flexibility index (Phi) is 4.32. The lowest BCUT2D eigenvalue weighted by molar-refractivity contribution is -0.130. The zero-order valence-corrected chi connectivity index (χ0v) is 10.9. The molecule has 0 N–H and O–H groups in total. The highest BCUT2D eigenvalue weighted by Crippen LogP contribution is 2.17. The van der Waals surface area contributed by atoms with Gasteiger partial charge in [0.05, 0.1) is 22.9 Å². The number of hydrogen-bond acceptors (Lipinski definition) is 2. The van der Waals surface area contributed by atoms with Crippen molar-refractivity contribution in [2.75, 3.05) is 7.05 Å². The summed E-state index contributed by atoms with van der Waals surface area (Å²) in [4.78, 5) is 13.1. The van der Waals surface area contributed by atoms with E-state index in [1.807, 2.05) is 25.6 Å². The van der Waals surface area contributed by atoms with E-state index < -0.39 is 0 Å². The van der Waals surface area contributed by atoms with Crippen molar-refractivity contribution >= 4 is 21.8 Å². The second-order valence-electron chi connectivity index (χ2n) is 3.36. The third kappa shape index (κ3) is 2.81. The van der Waals surface area contributed by atoms with Gasteiger partial charge >= 0.3 is 0 Å². The van der Waals surface area contributed by atoms with Gasteiger partial charge in [0.1, 0.15) is 0 Å². The first-order valence-corrected chi connectivity index (χ1v) is 5.83. The number of carbonyl (C=O) groups excluding carboxylic acids is 1. The average Bonchev–Trinajstić information content (AvgIpc) is 2.59. The maximum atomic E-state index is 11.4. The van der Waals surface area contributed by atoms with Crippen LogP contribution in [0.4, 0.5) is 0 Å². The second kappa shape index (κ2) is 5.30. The van der Waals surface area contributed by atoms with Crippen LogP contribution in [0.2, 0.25) is 0 Å². The first-order chi connectivity index (χ1) is 7.10. The number of nitrogens with zero attached hydrogens (tertiary/aromatic N) is 3. The highest BCUT2D eigenvalue weighted by atomic mass is 79.9. The van der Waals surface area contributed by atoms with E-state index in [-0.39, 0.29) is 5.91 Å². The number of aryl methyl sites for hydroxylation is 1. The SMILES string of the molecule is CCC(=O)N(C)Cc1c(Br)cnn1CC. The normalized spacial score (nSPS) is 10.4. The molecule has 0 aliphatic carbocycles. The number of carbonyl (C=O) groups is 1. The summed E-state index contributed by atoms with van der Waals surface area (Å²) in [6.07, 6.45) is 2.30. The zero-order valence-electron chi connectivity index (χ0n) is 9.33. The van der Waals surface area contributed by atoms with Crippen LogP contribution in [0.25, 0.3) is 0 Å². The number of rotatable bonds is 4. The molecule has 5 heteroatoms. The van der Waals surface area contributed by atoms with Gasteiger partial charge in [0.25, 0.3) is 0 Å². The molecule has 1 rings (SSSR count). The Bertz CT molecular complexity index is 348. The van der Waals surface area contributed by atoms with Gasteiger partial charge in [-0.3, -0.25) is 9.48 Å². The molecule has 0 aliphatic heterocycles. The van der Waals surface area contributed by atoms with Crippen LogP contribution in [-0.2, 0) is 17.9 Å². The minimum atomic E-state index is 0.144. The largest absolute Gasteiger partial charge is 0.340 e. The van der Waals surface area contributed by atoms with Gasteiger partial charge in [0.15, 0.2) is 0 Å². The molecule has 0 aliphatic rings. The molecule has 15 heavy (non-hydrogen) atoms. The molecule has 0 radical (unpaired) electrons. The molecule has 1 amide bonds. The molecule has 0 fully saturated rings. The second-order valence-corrected chi connectivity index (χ2v) is 4.21. The molecular weight excluding hydrogens is 258 g/mol. The molecular formula is C10H16BrN3O. The van der Waals surface area contributed by atoms with Gasteiger partial charge in [0.2, 0.25) is 5.91 Å². The summed E-state index contributed by atoms with van der Waals surface area (Å²) in [6, 6.07) is 0. The van der Waals surface area contributed by atoms with Crippen molar-refractivity contribution in [3.05, 3.63) is 16.4 Å². The zero-order chi connectivity index (χ0) is 11.4. The highest BCUT2D eigenvalue weighted by Gasteiger charge is 2.12. The predicted octanol–water partition coefficient (Wildman–Crippen LogP) is 2.03. The lowest BCUT2D eigenvalue weighted by atomic mass is 10.3. The monoisotopic (exact) mass is 273 g/mol. The number of hydrogen-bond donors (Lipinski definition) is 0. The summed E-state index contributed by atoms with van der Waals surface area (Å²) < 4.78 is 2.85. The van der Waals surface area contributed by atoms with Crippen molar-refractivity contribution in [1.29, 1.82) is 0 Å². The molecule has 0 unspecified atom stereocenters. The van der Waals surface area contributed by atoms with E-state index in [0.29, 0.717) is 13.0 Å². The fourth-order valence-corrected chi connectivity index (χ4v) is 1.82. The number of amides is 1. The third-order valence-electron chi connectivity index (χ3n) is 2.31. The summed E-state index contributed by atoms with van der Waals surface area (Å²) in [5.41, 5.74) is 1.04. The molecule has 0 saturated carbocycles. The molecule has 0 bridgehead atoms. The van der Waals surface area contributed by atoms with Crippen molar-refractivity contribution in [2.24, 2.45) is 0 Å². The third-order valence-corrected chi connectivity index (χ3v) is 2.97. The molecule has 0 aromatic carbocycles. The molecule has 1 aromatic heterocycles. The van der Waals surface area contributed by atoms with Crippen LogP contribution < -0.4 is 0 Å². The minimum Gasteiger partial charge on any atom is -0.340 e.